The summed E-state index contributed by atoms with van der Waals surface area (Å²) in [5.41, 5.74) is 1.44. The number of rotatable bonds is 4. The number of methoxy groups -OCH3 is 1. The second-order valence-electron chi connectivity index (χ2n) is 4.07. The van der Waals surface area contributed by atoms with Gasteiger partial charge >= 0.3 is 0 Å². The van der Waals surface area contributed by atoms with Crippen molar-refractivity contribution in [3.8, 4) is 5.75 Å². The number of aromatic hydroxyl groups is 1. The van der Waals surface area contributed by atoms with Gasteiger partial charge in [-0.15, -0.1) is 0 Å². The van der Waals surface area contributed by atoms with Crippen molar-refractivity contribution in [3.63, 3.8) is 0 Å². The predicted molar refractivity (Wildman–Crippen MR) is 68.0 cm³/mol. The molecule has 0 unspecified atom stereocenters. The number of anilines is 1. The summed E-state index contributed by atoms with van der Waals surface area (Å²) in [5, 5.41) is 15.7. The topological polar surface area (TPSA) is 84.6 Å². The molecule has 2 aromatic rings. The highest BCUT2D eigenvalue weighted by Gasteiger charge is 2.13. The lowest BCUT2D eigenvalue weighted by Crippen LogP contribution is -2.12. The van der Waals surface area contributed by atoms with Crippen LogP contribution in [-0.2, 0) is 11.3 Å². The van der Waals surface area contributed by atoms with Crippen LogP contribution < -0.4 is 5.32 Å². The summed E-state index contributed by atoms with van der Waals surface area (Å²) in [6.07, 6.45) is 0. The SMILES string of the molecule is COCc1cc(C(=O)Nc2ccc(O)c(C)c2)no1. The molecule has 6 nitrogen and oxygen atoms in total. The van der Waals surface area contributed by atoms with Crippen LogP contribution in [0, 0.1) is 6.92 Å². The zero-order chi connectivity index (χ0) is 13.8. The maximum atomic E-state index is 11.9. The zero-order valence-electron chi connectivity index (χ0n) is 10.6. The third kappa shape index (κ3) is 3.11. The molecule has 1 heterocycles. The van der Waals surface area contributed by atoms with E-state index in [0.29, 0.717) is 17.0 Å². The molecule has 1 aromatic carbocycles. The number of phenols is 1. The largest absolute Gasteiger partial charge is 0.508 e. The van der Waals surface area contributed by atoms with Crippen molar-refractivity contribution < 1.29 is 19.2 Å². The lowest BCUT2D eigenvalue weighted by molar-refractivity contribution is 0.101. The van der Waals surface area contributed by atoms with Gasteiger partial charge in [0.05, 0.1) is 0 Å². The van der Waals surface area contributed by atoms with Crippen LogP contribution >= 0.6 is 0 Å². The van der Waals surface area contributed by atoms with Crippen LogP contribution in [0.25, 0.3) is 0 Å². The lowest BCUT2D eigenvalue weighted by atomic mass is 10.2. The van der Waals surface area contributed by atoms with E-state index in [1.54, 1.807) is 19.1 Å². The van der Waals surface area contributed by atoms with Crippen molar-refractivity contribution in [2.24, 2.45) is 0 Å². The highest BCUT2D eigenvalue weighted by Crippen LogP contribution is 2.20. The molecule has 0 radical (unpaired) electrons. The number of nitrogens with zero attached hydrogens (tertiary/aromatic N) is 1. The highest BCUT2D eigenvalue weighted by atomic mass is 16.5. The van der Waals surface area contributed by atoms with E-state index in [0.717, 1.165) is 0 Å². The van der Waals surface area contributed by atoms with Gasteiger partial charge in [0.25, 0.3) is 5.91 Å². The molecule has 0 saturated carbocycles. The van der Waals surface area contributed by atoms with E-state index in [4.69, 9.17) is 9.26 Å². The molecule has 0 aliphatic rings. The Morgan fingerprint density at radius 3 is 2.95 bits per heavy atom. The minimum Gasteiger partial charge on any atom is -0.508 e. The second kappa shape index (κ2) is 5.53. The van der Waals surface area contributed by atoms with Crippen molar-refractivity contribution >= 4 is 11.6 Å². The summed E-state index contributed by atoms with van der Waals surface area (Å²) < 4.78 is 9.81. The summed E-state index contributed by atoms with van der Waals surface area (Å²) in [5.74, 6) is 0.285. The second-order valence-corrected chi connectivity index (χ2v) is 4.07. The number of phenolic OH excluding ortho intramolecular Hbond substituents is 1. The number of nitrogens with one attached hydrogen (secondary N) is 1. The maximum Gasteiger partial charge on any atom is 0.277 e. The van der Waals surface area contributed by atoms with Crippen LogP contribution in [0.2, 0.25) is 0 Å². The molecule has 2 rings (SSSR count). The van der Waals surface area contributed by atoms with E-state index in [2.05, 4.69) is 10.5 Å². The van der Waals surface area contributed by atoms with Gasteiger partial charge in [-0.05, 0) is 30.7 Å². The molecule has 0 saturated heterocycles. The van der Waals surface area contributed by atoms with Crippen LogP contribution in [0.5, 0.6) is 5.75 Å². The van der Waals surface area contributed by atoms with Gasteiger partial charge in [-0.1, -0.05) is 5.16 Å². The molecule has 0 bridgehead atoms. The van der Waals surface area contributed by atoms with Crippen LogP contribution in [0.4, 0.5) is 5.69 Å². The van der Waals surface area contributed by atoms with E-state index in [9.17, 15) is 9.90 Å². The highest BCUT2D eigenvalue weighted by molar-refractivity contribution is 6.02. The normalized spacial score (nSPS) is 10.4. The van der Waals surface area contributed by atoms with E-state index < -0.39 is 0 Å². The van der Waals surface area contributed by atoms with Gasteiger partial charge in [-0.2, -0.15) is 0 Å². The first-order valence-corrected chi connectivity index (χ1v) is 5.65. The number of aryl methyl sites for hydroxylation is 1. The molecule has 6 heteroatoms. The Morgan fingerprint density at radius 2 is 2.26 bits per heavy atom. The van der Waals surface area contributed by atoms with Gasteiger partial charge in [-0.25, -0.2) is 0 Å². The molecule has 19 heavy (non-hydrogen) atoms. The summed E-state index contributed by atoms with van der Waals surface area (Å²) in [7, 11) is 1.53. The molecule has 0 aliphatic heterocycles. The first-order chi connectivity index (χ1) is 9.10. The quantitative estimate of drug-likeness (QED) is 0.824. The van der Waals surface area contributed by atoms with Gasteiger partial charge in [0.15, 0.2) is 11.5 Å². The molecule has 0 spiro atoms. The molecule has 0 aliphatic carbocycles. The van der Waals surface area contributed by atoms with Crippen molar-refractivity contribution in [2.75, 3.05) is 12.4 Å². The Morgan fingerprint density at radius 1 is 1.47 bits per heavy atom. The lowest BCUT2D eigenvalue weighted by Gasteiger charge is -2.04. The third-order valence-corrected chi connectivity index (χ3v) is 2.53. The van der Waals surface area contributed by atoms with Crippen molar-refractivity contribution in [1.82, 2.24) is 5.16 Å². The molecule has 0 fully saturated rings. The number of carbonyl (C=O) groups excluding carboxylic acids is 1. The van der Waals surface area contributed by atoms with Crippen LogP contribution in [0.3, 0.4) is 0 Å². The van der Waals surface area contributed by atoms with E-state index in [1.807, 2.05) is 0 Å². The van der Waals surface area contributed by atoms with Gasteiger partial charge < -0.3 is 19.7 Å². The minimum absolute atomic E-state index is 0.178. The van der Waals surface area contributed by atoms with Gasteiger partial charge in [-0.3, -0.25) is 4.79 Å². The van der Waals surface area contributed by atoms with Crippen molar-refractivity contribution in [1.29, 1.82) is 0 Å². The average molecular weight is 262 g/mol. The minimum atomic E-state index is -0.379. The monoisotopic (exact) mass is 262 g/mol. The fourth-order valence-electron chi connectivity index (χ4n) is 1.56. The number of benzene rings is 1. The fraction of sp³-hybridized carbons (Fsp3) is 0.231. The number of hydrogen-bond donors (Lipinski definition) is 2. The Labute approximate surface area is 110 Å². The van der Waals surface area contributed by atoms with Crippen molar-refractivity contribution in [3.05, 3.63) is 41.3 Å². The molecule has 2 N–H and O–H groups in total. The molecule has 1 amide bonds. The number of ether oxygens (including phenoxy) is 1. The van der Waals surface area contributed by atoms with Crippen LogP contribution in [0.15, 0.2) is 28.8 Å². The molecule has 100 valence electrons. The number of aromatic nitrogens is 1. The Kier molecular flexibility index (Phi) is 3.82. The van der Waals surface area contributed by atoms with Crippen molar-refractivity contribution in [2.45, 2.75) is 13.5 Å². The summed E-state index contributed by atoms with van der Waals surface area (Å²) in [6.45, 7) is 2.01. The van der Waals surface area contributed by atoms with Gasteiger partial charge in [0.1, 0.15) is 12.4 Å². The number of hydrogen-bond acceptors (Lipinski definition) is 5. The molecule has 0 atom stereocenters. The van der Waals surface area contributed by atoms with Gasteiger partial charge in [0.2, 0.25) is 0 Å². The summed E-state index contributed by atoms with van der Waals surface area (Å²) in [4.78, 5) is 11.9. The number of carbonyl (C=O) groups is 1. The predicted octanol–water partition coefficient (Wildman–Crippen LogP) is 2.09. The zero-order valence-corrected chi connectivity index (χ0v) is 10.6. The van der Waals surface area contributed by atoms with E-state index in [-0.39, 0.29) is 24.0 Å². The molecular weight excluding hydrogens is 248 g/mol. The maximum absolute atomic E-state index is 11.9. The Hall–Kier alpha value is -2.34. The first-order valence-electron chi connectivity index (χ1n) is 5.65. The average Bonchev–Trinajstić information content (AvgIpc) is 2.83. The summed E-state index contributed by atoms with van der Waals surface area (Å²) >= 11 is 0. The Balaban J connectivity index is 2.09. The summed E-state index contributed by atoms with van der Waals surface area (Å²) in [6, 6.07) is 6.32. The number of amides is 1. The van der Waals surface area contributed by atoms with E-state index >= 15 is 0 Å². The van der Waals surface area contributed by atoms with Crippen LogP contribution in [-0.4, -0.2) is 23.3 Å². The third-order valence-electron chi connectivity index (χ3n) is 2.53. The van der Waals surface area contributed by atoms with Crippen LogP contribution in [0.1, 0.15) is 21.8 Å². The molecular formula is C13H14N2O4. The van der Waals surface area contributed by atoms with Gasteiger partial charge in [0, 0.05) is 18.9 Å². The molecule has 1 aromatic heterocycles. The standard InChI is InChI=1S/C13H14N2O4/c1-8-5-9(3-4-12(8)16)14-13(17)11-6-10(7-18-2)19-15-11/h3-6,16H,7H2,1-2H3,(H,14,17). The smallest absolute Gasteiger partial charge is 0.277 e. The van der Waals surface area contributed by atoms with E-state index in [1.165, 1.54) is 19.2 Å². The first kappa shape index (κ1) is 13.1. The fourth-order valence-corrected chi connectivity index (χ4v) is 1.56. The Bertz CT molecular complexity index is 592.